The normalized spacial score (nSPS) is 15.7. The average molecular weight is 485 g/mol. The van der Waals surface area contributed by atoms with E-state index in [0.29, 0.717) is 25.1 Å². The van der Waals surface area contributed by atoms with Gasteiger partial charge in [-0.2, -0.15) is 4.31 Å². The molecule has 0 radical (unpaired) electrons. The lowest BCUT2D eigenvalue weighted by atomic mass is 9.96. The molecule has 0 N–H and O–H groups in total. The molecule has 5 nitrogen and oxygen atoms in total. The molecule has 1 saturated heterocycles. The SMILES string of the molecule is O=C(C1CCN(S(=O)(=O)/C=C/c2ccccc2)CC1)N(Cc1cccs1)c1ccc(F)cc1. The van der Waals surface area contributed by atoms with Crippen LogP contribution in [0.4, 0.5) is 10.1 Å². The molecule has 1 aromatic heterocycles. The first kappa shape index (κ1) is 23.4. The van der Waals surface area contributed by atoms with E-state index in [0.717, 1.165) is 10.4 Å². The van der Waals surface area contributed by atoms with E-state index in [1.807, 2.05) is 47.8 Å². The standard InChI is InChI=1S/C25H25FN2O3S2/c26-22-8-10-23(11-9-22)28(19-24-7-4-17-32-24)25(29)21-12-15-27(16-13-21)33(30,31)18-14-20-5-2-1-3-6-20/h1-11,14,17-18,21H,12-13,15-16,19H2/b18-14+. The molecule has 0 unspecified atom stereocenters. The predicted molar refractivity (Wildman–Crippen MR) is 131 cm³/mol. The van der Waals surface area contributed by atoms with Crippen molar-refractivity contribution in [1.29, 1.82) is 0 Å². The first-order valence-electron chi connectivity index (χ1n) is 10.7. The summed E-state index contributed by atoms with van der Waals surface area (Å²) in [6.07, 6.45) is 2.47. The highest BCUT2D eigenvalue weighted by molar-refractivity contribution is 7.92. The van der Waals surface area contributed by atoms with E-state index >= 15 is 0 Å². The highest BCUT2D eigenvalue weighted by Crippen LogP contribution is 2.27. The Bertz CT molecular complexity index is 1190. The fourth-order valence-electron chi connectivity index (χ4n) is 3.87. The van der Waals surface area contributed by atoms with Gasteiger partial charge in [0.25, 0.3) is 0 Å². The minimum Gasteiger partial charge on any atom is -0.307 e. The minimum atomic E-state index is -3.56. The van der Waals surface area contributed by atoms with Gasteiger partial charge in [-0.3, -0.25) is 4.79 Å². The molecule has 33 heavy (non-hydrogen) atoms. The molecule has 2 heterocycles. The Kier molecular flexibility index (Phi) is 7.37. The lowest BCUT2D eigenvalue weighted by molar-refractivity contribution is -0.123. The van der Waals surface area contributed by atoms with Gasteiger partial charge in [0.15, 0.2) is 0 Å². The number of sulfonamides is 1. The second-order valence-electron chi connectivity index (χ2n) is 7.91. The molecule has 3 aromatic rings. The maximum atomic E-state index is 13.4. The van der Waals surface area contributed by atoms with Crippen LogP contribution >= 0.6 is 11.3 Å². The lowest BCUT2D eigenvalue weighted by Crippen LogP contribution is -2.43. The van der Waals surface area contributed by atoms with E-state index < -0.39 is 10.0 Å². The Hall–Kier alpha value is -2.81. The van der Waals surface area contributed by atoms with E-state index in [9.17, 15) is 17.6 Å². The van der Waals surface area contributed by atoms with Crippen molar-refractivity contribution in [2.75, 3.05) is 18.0 Å². The van der Waals surface area contributed by atoms with Crippen LogP contribution in [0, 0.1) is 11.7 Å². The van der Waals surface area contributed by atoms with Gasteiger partial charge in [-0.1, -0.05) is 36.4 Å². The third-order valence-electron chi connectivity index (χ3n) is 5.69. The number of benzene rings is 2. The van der Waals surface area contributed by atoms with Crippen LogP contribution in [-0.2, 0) is 21.4 Å². The van der Waals surface area contributed by atoms with Gasteiger partial charge in [-0.25, -0.2) is 12.8 Å². The van der Waals surface area contributed by atoms with Crippen LogP contribution in [0.5, 0.6) is 0 Å². The van der Waals surface area contributed by atoms with Gasteiger partial charge in [0.05, 0.1) is 6.54 Å². The summed E-state index contributed by atoms with van der Waals surface area (Å²) >= 11 is 1.56. The number of piperidine rings is 1. The van der Waals surface area contributed by atoms with Crippen molar-refractivity contribution in [3.8, 4) is 0 Å². The van der Waals surface area contributed by atoms with Gasteiger partial charge in [-0.15, -0.1) is 11.3 Å². The first-order chi connectivity index (χ1) is 15.9. The number of carbonyl (C=O) groups is 1. The molecule has 1 aliphatic rings. The van der Waals surface area contributed by atoms with Gasteiger partial charge in [0.2, 0.25) is 15.9 Å². The number of hydrogen-bond acceptors (Lipinski definition) is 4. The number of hydrogen-bond donors (Lipinski definition) is 0. The third-order valence-corrected chi connectivity index (χ3v) is 8.12. The number of thiophene rings is 1. The summed E-state index contributed by atoms with van der Waals surface area (Å²) in [6, 6.07) is 19.1. The topological polar surface area (TPSA) is 57.7 Å². The maximum absolute atomic E-state index is 13.4. The zero-order valence-corrected chi connectivity index (χ0v) is 19.6. The lowest BCUT2D eigenvalue weighted by Gasteiger charge is -2.33. The Labute approximate surface area is 197 Å². The summed E-state index contributed by atoms with van der Waals surface area (Å²) in [5.41, 5.74) is 1.45. The third kappa shape index (κ3) is 5.96. The molecular weight excluding hydrogens is 459 g/mol. The van der Waals surface area contributed by atoms with Crippen molar-refractivity contribution in [1.82, 2.24) is 4.31 Å². The Morgan fingerprint density at radius 2 is 1.73 bits per heavy atom. The fraction of sp³-hybridized carbons (Fsp3) is 0.240. The van der Waals surface area contributed by atoms with Gasteiger partial charge in [0.1, 0.15) is 5.82 Å². The molecule has 0 bridgehead atoms. The van der Waals surface area contributed by atoms with E-state index in [-0.39, 0.29) is 30.7 Å². The van der Waals surface area contributed by atoms with Gasteiger partial charge < -0.3 is 4.90 Å². The quantitative estimate of drug-likeness (QED) is 0.467. The van der Waals surface area contributed by atoms with Gasteiger partial charge in [0, 0.05) is 35.0 Å². The largest absolute Gasteiger partial charge is 0.307 e. The molecule has 172 valence electrons. The molecule has 8 heteroatoms. The maximum Gasteiger partial charge on any atom is 0.236 e. The van der Waals surface area contributed by atoms with Crippen molar-refractivity contribution in [2.45, 2.75) is 19.4 Å². The smallest absolute Gasteiger partial charge is 0.236 e. The predicted octanol–water partition coefficient (Wildman–Crippen LogP) is 5.13. The van der Waals surface area contributed by atoms with E-state index in [2.05, 4.69) is 0 Å². The van der Waals surface area contributed by atoms with Crippen LogP contribution in [0.3, 0.4) is 0 Å². The van der Waals surface area contributed by atoms with Crippen LogP contribution in [0.1, 0.15) is 23.3 Å². The Balaban J connectivity index is 1.44. The van der Waals surface area contributed by atoms with Crippen LogP contribution in [0.15, 0.2) is 77.5 Å². The monoisotopic (exact) mass is 484 g/mol. The fourth-order valence-corrected chi connectivity index (χ4v) is 5.78. The number of carbonyl (C=O) groups excluding carboxylic acids is 1. The number of rotatable bonds is 7. The molecule has 1 amide bonds. The van der Waals surface area contributed by atoms with Crippen molar-refractivity contribution >= 4 is 39.0 Å². The van der Waals surface area contributed by atoms with E-state index in [4.69, 9.17) is 0 Å². The first-order valence-corrected chi connectivity index (χ1v) is 13.1. The van der Waals surface area contributed by atoms with Crippen LogP contribution in [0.25, 0.3) is 6.08 Å². The summed E-state index contributed by atoms with van der Waals surface area (Å²) in [6.45, 7) is 0.975. The number of anilines is 1. The van der Waals surface area contributed by atoms with Gasteiger partial charge in [-0.05, 0) is 60.2 Å². The number of amides is 1. The summed E-state index contributed by atoms with van der Waals surface area (Å²) in [4.78, 5) is 16.1. The van der Waals surface area contributed by atoms with Crippen LogP contribution in [-0.4, -0.2) is 31.7 Å². The van der Waals surface area contributed by atoms with E-state index in [1.54, 1.807) is 34.4 Å². The van der Waals surface area contributed by atoms with Gasteiger partial charge >= 0.3 is 0 Å². The van der Waals surface area contributed by atoms with Crippen molar-refractivity contribution in [3.05, 3.63) is 93.8 Å². The molecule has 0 aliphatic carbocycles. The molecule has 1 aliphatic heterocycles. The second kappa shape index (κ2) is 10.4. The highest BCUT2D eigenvalue weighted by Gasteiger charge is 2.33. The molecule has 2 aromatic carbocycles. The molecular formula is C25H25FN2O3S2. The molecule has 0 spiro atoms. The average Bonchev–Trinajstić information content (AvgIpc) is 3.36. The zero-order valence-electron chi connectivity index (χ0n) is 18.0. The minimum absolute atomic E-state index is 0.0631. The zero-order chi connectivity index (χ0) is 23.3. The van der Waals surface area contributed by atoms with Crippen molar-refractivity contribution < 1.29 is 17.6 Å². The van der Waals surface area contributed by atoms with Crippen LogP contribution in [0.2, 0.25) is 0 Å². The van der Waals surface area contributed by atoms with Crippen molar-refractivity contribution in [2.24, 2.45) is 5.92 Å². The molecule has 0 saturated carbocycles. The summed E-state index contributed by atoms with van der Waals surface area (Å²) in [5, 5.41) is 3.18. The summed E-state index contributed by atoms with van der Waals surface area (Å²) < 4.78 is 40.4. The number of nitrogens with zero attached hydrogens (tertiary/aromatic N) is 2. The Morgan fingerprint density at radius 3 is 2.36 bits per heavy atom. The van der Waals surface area contributed by atoms with E-state index in [1.165, 1.54) is 21.8 Å². The highest BCUT2D eigenvalue weighted by atomic mass is 32.2. The summed E-state index contributed by atoms with van der Waals surface area (Å²) in [5.74, 6) is -0.712. The Morgan fingerprint density at radius 1 is 1.03 bits per heavy atom. The molecule has 4 rings (SSSR count). The molecule has 0 atom stereocenters. The summed E-state index contributed by atoms with van der Waals surface area (Å²) in [7, 11) is -3.56. The molecule has 1 fully saturated rings. The van der Waals surface area contributed by atoms with Crippen LogP contribution < -0.4 is 4.90 Å². The number of halogens is 1. The van der Waals surface area contributed by atoms with Crippen molar-refractivity contribution in [3.63, 3.8) is 0 Å². The second-order valence-corrected chi connectivity index (χ2v) is 10.8.